The zero-order valence-corrected chi connectivity index (χ0v) is 17.1. The fourth-order valence-corrected chi connectivity index (χ4v) is 3.67. The fraction of sp³-hybridized carbons (Fsp3) is 0.318. The van der Waals surface area contributed by atoms with E-state index >= 15 is 0 Å². The molecule has 0 saturated carbocycles. The Kier molecular flexibility index (Phi) is 6.22. The molecule has 0 spiro atoms. The van der Waals surface area contributed by atoms with E-state index in [9.17, 15) is 22.4 Å². The van der Waals surface area contributed by atoms with E-state index in [1.807, 2.05) is 6.07 Å². The van der Waals surface area contributed by atoms with Gasteiger partial charge in [-0.25, -0.2) is 9.07 Å². The average molecular weight is 447 g/mol. The second-order valence-corrected chi connectivity index (χ2v) is 7.70. The lowest BCUT2D eigenvalue weighted by molar-refractivity contribution is -0.137. The van der Waals surface area contributed by atoms with Crippen molar-refractivity contribution in [2.75, 3.05) is 26.2 Å². The number of piperazine rings is 1. The third kappa shape index (κ3) is 5.31. The quantitative estimate of drug-likeness (QED) is 0.563. The maximum atomic E-state index is 13.4. The van der Waals surface area contributed by atoms with Gasteiger partial charge in [0.05, 0.1) is 18.3 Å². The summed E-state index contributed by atoms with van der Waals surface area (Å²) in [5.41, 5.74) is 0.704. The van der Waals surface area contributed by atoms with E-state index in [1.165, 1.54) is 29.1 Å². The number of aromatic nitrogens is 3. The van der Waals surface area contributed by atoms with Gasteiger partial charge in [-0.15, -0.1) is 5.10 Å². The van der Waals surface area contributed by atoms with Crippen LogP contribution >= 0.6 is 0 Å². The summed E-state index contributed by atoms with van der Waals surface area (Å²) >= 11 is 0. The van der Waals surface area contributed by atoms with Gasteiger partial charge < -0.3 is 4.90 Å². The molecule has 0 unspecified atom stereocenters. The Bertz CT molecular complexity index is 1090. The Balaban J connectivity index is 1.33. The summed E-state index contributed by atoms with van der Waals surface area (Å²) < 4.78 is 53.4. The first-order valence-corrected chi connectivity index (χ1v) is 10.1. The second-order valence-electron chi connectivity index (χ2n) is 7.70. The van der Waals surface area contributed by atoms with Crippen molar-refractivity contribution in [1.29, 1.82) is 0 Å². The third-order valence-electron chi connectivity index (χ3n) is 5.31. The van der Waals surface area contributed by atoms with Gasteiger partial charge in [0.25, 0.3) is 5.91 Å². The highest BCUT2D eigenvalue weighted by atomic mass is 19.4. The molecule has 0 aliphatic carbocycles. The largest absolute Gasteiger partial charge is 0.416 e. The van der Waals surface area contributed by atoms with Crippen LogP contribution in [0.4, 0.5) is 17.6 Å². The summed E-state index contributed by atoms with van der Waals surface area (Å²) in [4.78, 5) is 16.6. The van der Waals surface area contributed by atoms with Gasteiger partial charge in [-0.05, 0) is 35.4 Å². The van der Waals surface area contributed by atoms with E-state index in [4.69, 9.17) is 0 Å². The first-order valence-electron chi connectivity index (χ1n) is 10.1. The third-order valence-corrected chi connectivity index (χ3v) is 5.31. The van der Waals surface area contributed by atoms with Crippen LogP contribution in [-0.2, 0) is 19.3 Å². The highest BCUT2D eigenvalue weighted by molar-refractivity contribution is 5.92. The average Bonchev–Trinajstić information content (AvgIpc) is 3.22. The number of rotatable bonds is 5. The number of carbonyl (C=O) groups is 1. The van der Waals surface area contributed by atoms with Crippen LogP contribution in [-0.4, -0.2) is 56.9 Å². The lowest BCUT2D eigenvalue weighted by Crippen LogP contribution is -2.48. The molecule has 3 aromatic rings. The molecule has 2 aromatic carbocycles. The maximum absolute atomic E-state index is 13.4. The molecule has 1 saturated heterocycles. The van der Waals surface area contributed by atoms with E-state index in [0.717, 1.165) is 17.7 Å². The molecule has 0 bridgehead atoms. The van der Waals surface area contributed by atoms with E-state index in [-0.39, 0.29) is 24.0 Å². The van der Waals surface area contributed by atoms with Gasteiger partial charge in [-0.1, -0.05) is 29.5 Å². The van der Waals surface area contributed by atoms with Gasteiger partial charge in [0.1, 0.15) is 5.82 Å². The summed E-state index contributed by atoms with van der Waals surface area (Å²) in [6.07, 6.45) is -2.97. The molecule has 0 radical (unpaired) electrons. The summed E-state index contributed by atoms with van der Waals surface area (Å²) in [6.45, 7) is 2.95. The first-order chi connectivity index (χ1) is 15.3. The molecule has 0 N–H and O–H groups in total. The van der Waals surface area contributed by atoms with Gasteiger partial charge in [0, 0.05) is 32.7 Å². The van der Waals surface area contributed by atoms with Crippen LogP contribution in [0, 0.1) is 5.82 Å². The van der Waals surface area contributed by atoms with Crippen LogP contribution in [0.25, 0.3) is 0 Å². The molecule has 32 heavy (non-hydrogen) atoms. The van der Waals surface area contributed by atoms with Crippen LogP contribution in [0.3, 0.4) is 0 Å². The maximum Gasteiger partial charge on any atom is 0.416 e. The Morgan fingerprint density at radius 1 is 0.938 bits per heavy atom. The Labute approximate surface area is 182 Å². The predicted molar refractivity (Wildman–Crippen MR) is 108 cm³/mol. The van der Waals surface area contributed by atoms with Gasteiger partial charge in [0.2, 0.25) is 0 Å². The lowest BCUT2D eigenvalue weighted by Gasteiger charge is -2.34. The summed E-state index contributed by atoms with van der Waals surface area (Å²) in [6, 6.07) is 11.4. The molecule has 1 fully saturated rings. The monoisotopic (exact) mass is 447 g/mol. The predicted octanol–water partition coefficient (Wildman–Crippen LogP) is 3.44. The summed E-state index contributed by atoms with van der Waals surface area (Å²) in [5.74, 6) is -0.546. The van der Waals surface area contributed by atoms with Crippen LogP contribution in [0.5, 0.6) is 0 Å². The fourth-order valence-electron chi connectivity index (χ4n) is 3.67. The molecule has 0 atom stereocenters. The number of hydrogen-bond acceptors (Lipinski definition) is 4. The molecule has 1 amide bonds. The number of carbonyl (C=O) groups excluding carboxylic acids is 1. The van der Waals surface area contributed by atoms with Crippen LogP contribution < -0.4 is 0 Å². The molecule has 1 aliphatic rings. The van der Waals surface area contributed by atoms with Gasteiger partial charge in [0.15, 0.2) is 5.69 Å². The minimum absolute atomic E-state index is 0.0750. The van der Waals surface area contributed by atoms with Crippen molar-refractivity contribution < 1.29 is 22.4 Å². The number of benzene rings is 2. The molecular weight excluding hydrogens is 426 g/mol. The van der Waals surface area contributed by atoms with Crippen LogP contribution in [0.2, 0.25) is 0 Å². The van der Waals surface area contributed by atoms with Crippen LogP contribution in [0.15, 0.2) is 54.7 Å². The van der Waals surface area contributed by atoms with Crippen LogP contribution in [0.1, 0.15) is 27.2 Å². The molecule has 6 nitrogen and oxygen atoms in total. The van der Waals surface area contributed by atoms with Gasteiger partial charge in [-0.3, -0.25) is 9.69 Å². The molecular formula is C22H21F4N5O. The highest BCUT2D eigenvalue weighted by Gasteiger charge is 2.30. The van der Waals surface area contributed by atoms with E-state index < -0.39 is 11.7 Å². The SMILES string of the molecule is O=C(c1cn(Cc2cccc(C(F)(F)F)c2)nn1)N1CCN(Cc2cccc(F)c2)CC1. The topological polar surface area (TPSA) is 54.3 Å². The second kappa shape index (κ2) is 9.07. The van der Waals surface area contributed by atoms with Crippen molar-refractivity contribution >= 4 is 5.91 Å². The van der Waals surface area contributed by atoms with Gasteiger partial charge in [-0.2, -0.15) is 13.2 Å². The van der Waals surface area contributed by atoms with Crippen molar-refractivity contribution in [3.63, 3.8) is 0 Å². The van der Waals surface area contributed by atoms with Crippen molar-refractivity contribution in [3.8, 4) is 0 Å². The standard InChI is InChI=1S/C22H21F4N5O/c23-19-6-2-4-17(12-19)13-29-7-9-30(10-8-29)21(32)20-15-31(28-27-20)14-16-3-1-5-18(11-16)22(24,25)26/h1-6,11-12,15H,7-10,13-14H2. The smallest absolute Gasteiger partial charge is 0.335 e. The molecule has 4 rings (SSSR count). The zero-order valence-electron chi connectivity index (χ0n) is 17.1. The van der Waals surface area contributed by atoms with E-state index in [2.05, 4.69) is 15.2 Å². The zero-order chi connectivity index (χ0) is 22.7. The normalized spacial score (nSPS) is 15.2. The van der Waals surface area contributed by atoms with Gasteiger partial charge >= 0.3 is 6.18 Å². The minimum atomic E-state index is -4.42. The Morgan fingerprint density at radius 2 is 1.62 bits per heavy atom. The minimum Gasteiger partial charge on any atom is -0.335 e. The van der Waals surface area contributed by atoms with E-state index in [1.54, 1.807) is 17.0 Å². The van der Waals surface area contributed by atoms with Crippen molar-refractivity contribution in [3.05, 3.63) is 82.9 Å². The van der Waals surface area contributed by atoms with Crippen molar-refractivity contribution in [2.45, 2.75) is 19.3 Å². The Morgan fingerprint density at radius 3 is 2.31 bits per heavy atom. The Hall–Kier alpha value is -3.27. The molecule has 1 aliphatic heterocycles. The summed E-state index contributed by atoms with van der Waals surface area (Å²) in [5, 5.41) is 7.79. The molecule has 1 aromatic heterocycles. The highest BCUT2D eigenvalue weighted by Crippen LogP contribution is 2.29. The number of amides is 1. The molecule has 10 heteroatoms. The van der Waals surface area contributed by atoms with Crippen molar-refractivity contribution in [1.82, 2.24) is 24.8 Å². The number of alkyl halides is 3. The number of nitrogens with zero attached hydrogens (tertiary/aromatic N) is 5. The lowest BCUT2D eigenvalue weighted by atomic mass is 10.1. The number of halogens is 4. The van der Waals surface area contributed by atoms with Crippen molar-refractivity contribution in [2.24, 2.45) is 0 Å². The van der Waals surface area contributed by atoms with E-state index in [0.29, 0.717) is 38.3 Å². The summed E-state index contributed by atoms with van der Waals surface area (Å²) in [7, 11) is 0. The molecule has 168 valence electrons. The molecule has 2 heterocycles. The number of hydrogen-bond donors (Lipinski definition) is 0. The first kappa shape index (κ1) is 21.9.